The third-order valence-corrected chi connectivity index (χ3v) is 13.9. The fourth-order valence-electron chi connectivity index (χ4n) is 8.92. The van der Waals surface area contributed by atoms with Gasteiger partial charge in [-0.3, -0.25) is 0 Å². The molecular weight excluding hydrogens is 911 g/mol. The van der Waals surface area contributed by atoms with Crippen molar-refractivity contribution in [3.8, 4) is 11.5 Å². The molecular formula is C48H73Cl3N14O2. The van der Waals surface area contributed by atoms with Crippen LogP contribution in [0.1, 0.15) is 103 Å². The summed E-state index contributed by atoms with van der Waals surface area (Å²) in [5.74, 6) is 3.95. The number of ether oxygens (including phenoxy) is 2. The number of piperidine rings is 2. The van der Waals surface area contributed by atoms with Crippen LogP contribution in [0.25, 0.3) is 0 Å². The number of methoxy groups -OCH3 is 2. The van der Waals surface area contributed by atoms with Gasteiger partial charge in [0.1, 0.15) is 11.5 Å². The Morgan fingerprint density at radius 3 is 1.40 bits per heavy atom. The average Bonchev–Trinajstić information content (AvgIpc) is 3.75. The molecule has 2 saturated heterocycles. The molecule has 368 valence electrons. The number of nitrogens with one attached hydrogen (secondary N) is 5. The van der Waals surface area contributed by atoms with E-state index < -0.39 is 0 Å². The fraction of sp³-hybridized carbons (Fsp3) is 0.625. The summed E-state index contributed by atoms with van der Waals surface area (Å²) in [6, 6.07) is 12.9. The maximum absolute atomic E-state index is 6.32. The lowest BCUT2D eigenvalue weighted by Crippen LogP contribution is -2.42. The van der Waals surface area contributed by atoms with E-state index in [2.05, 4.69) is 84.4 Å². The molecule has 8 rings (SSSR count). The molecule has 2 aliphatic carbocycles. The Hall–Kier alpha value is -4.19. The molecule has 2 aliphatic heterocycles. The van der Waals surface area contributed by atoms with Crippen molar-refractivity contribution in [1.29, 1.82) is 0 Å². The molecule has 0 unspecified atom stereocenters. The van der Waals surface area contributed by atoms with Gasteiger partial charge in [-0.15, -0.1) is 0 Å². The summed E-state index contributed by atoms with van der Waals surface area (Å²) >= 11 is 18.5. The van der Waals surface area contributed by atoms with Gasteiger partial charge in [-0.1, -0.05) is 74.6 Å². The Bertz CT molecular complexity index is 2090. The van der Waals surface area contributed by atoms with E-state index in [9.17, 15) is 0 Å². The maximum atomic E-state index is 6.32. The summed E-state index contributed by atoms with van der Waals surface area (Å²) in [4.78, 5) is 34.0. The lowest BCUT2D eigenvalue weighted by atomic mass is 10.0. The highest BCUT2D eigenvalue weighted by Crippen LogP contribution is 2.31. The number of rotatable bonds is 13. The quantitative estimate of drug-likeness (QED) is 0.0803. The smallest absolute Gasteiger partial charge is 0.233 e. The van der Waals surface area contributed by atoms with Crippen molar-refractivity contribution in [2.75, 3.05) is 94.8 Å². The van der Waals surface area contributed by atoms with Gasteiger partial charge in [0, 0.05) is 42.6 Å². The summed E-state index contributed by atoms with van der Waals surface area (Å²) in [6.45, 7) is 4.68. The minimum Gasteiger partial charge on any atom is -0.495 e. The molecule has 16 nitrogen and oxygen atoms in total. The summed E-state index contributed by atoms with van der Waals surface area (Å²) < 4.78 is 10.4. The van der Waals surface area contributed by atoms with E-state index in [0.717, 1.165) is 69.0 Å². The molecule has 4 heterocycles. The highest BCUT2D eigenvalue weighted by atomic mass is 35.5. The van der Waals surface area contributed by atoms with Gasteiger partial charge in [-0.05, 0) is 147 Å². The van der Waals surface area contributed by atoms with E-state index >= 15 is 0 Å². The summed E-state index contributed by atoms with van der Waals surface area (Å²) in [5, 5.41) is 17.9. The predicted octanol–water partition coefficient (Wildman–Crippen LogP) is 10.3. The van der Waals surface area contributed by atoms with Crippen LogP contribution in [-0.4, -0.2) is 132 Å². The van der Waals surface area contributed by atoms with Crippen LogP contribution >= 0.6 is 34.8 Å². The highest BCUT2D eigenvalue weighted by molar-refractivity contribution is 6.32. The van der Waals surface area contributed by atoms with E-state index in [0.29, 0.717) is 69.4 Å². The average molecular weight is 985 g/mol. The van der Waals surface area contributed by atoms with Crippen molar-refractivity contribution in [3.05, 3.63) is 51.7 Å². The third kappa shape index (κ3) is 17.1. The van der Waals surface area contributed by atoms with Gasteiger partial charge in [0.25, 0.3) is 0 Å². The van der Waals surface area contributed by atoms with Gasteiger partial charge in [0.15, 0.2) is 0 Å². The second-order valence-electron chi connectivity index (χ2n) is 18.2. The van der Waals surface area contributed by atoms with E-state index in [1.807, 2.05) is 24.3 Å². The number of hydrogen-bond donors (Lipinski definition) is 5. The van der Waals surface area contributed by atoms with Crippen LogP contribution in [0.3, 0.4) is 0 Å². The van der Waals surface area contributed by atoms with Gasteiger partial charge >= 0.3 is 0 Å². The first-order valence-corrected chi connectivity index (χ1v) is 25.3. The standard InChI is InChI=1S/C24H36ClN7O.C17H21Cl2N5O.C7H16N2/c1-31-14-12-19(13-15-31)32(2)24-29-22(26-17-8-6-4-5-7-9-17)28-23(30-24)27-18-10-11-21(33-3)20(25)16-18;1-25-14-9-8-12(10-13(14)18)21-17-23-15(19)22-16(24-17)20-11-6-4-2-3-5-7-11;1-8-7-3-5-9(2)6-4-7/h10-11,16-17,19H,4-9,12-15H2,1-3H3,(H2,26,27,28,29,30);8-11H,2-7H2,1H3,(H2,20,21,22,23,24);7-8H,3-6H2,1-2H3. The summed E-state index contributed by atoms with van der Waals surface area (Å²) in [6.07, 6.45) is 19.5. The van der Waals surface area contributed by atoms with Crippen molar-refractivity contribution < 1.29 is 9.47 Å². The summed E-state index contributed by atoms with van der Waals surface area (Å²) in [5.41, 5.74) is 1.55. The topological polar surface area (TPSA) is 166 Å². The maximum Gasteiger partial charge on any atom is 0.233 e. The lowest BCUT2D eigenvalue weighted by molar-refractivity contribution is 0.240. The molecule has 4 aliphatic rings. The fourth-order valence-corrected chi connectivity index (χ4v) is 9.59. The normalized spacial score (nSPS) is 18.2. The molecule has 2 aromatic heterocycles. The van der Waals surface area contributed by atoms with Gasteiger partial charge in [0.2, 0.25) is 35.0 Å². The zero-order valence-electron chi connectivity index (χ0n) is 40.4. The zero-order valence-corrected chi connectivity index (χ0v) is 42.7. The van der Waals surface area contributed by atoms with Gasteiger partial charge in [-0.2, -0.15) is 29.9 Å². The molecule has 67 heavy (non-hydrogen) atoms. The molecule has 5 N–H and O–H groups in total. The minimum atomic E-state index is 0.147. The van der Waals surface area contributed by atoms with Crippen LogP contribution in [0, 0.1) is 0 Å². The van der Waals surface area contributed by atoms with Gasteiger partial charge in [0.05, 0.1) is 24.3 Å². The van der Waals surface area contributed by atoms with Crippen LogP contribution < -0.4 is 41.0 Å². The van der Waals surface area contributed by atoms with Crippen molar-refractivity contribution in [3.63, 3.8) is 0 Å². The number of anilines is 7. The molecule has 19 heteroatoms. The van der Waals surface area contributed by atoms with Crippen molar-refractivity contribution in [2.45, 2.75) is 127 Å². The zero-order chi connectivity index (χ0) is 47.5. The van der Waals surface area contributed by atoms with Crippen LogP contribution in [0.2, 0.25) is 15.3 Å². The molecule has 0 radical (unpaired) electrons. The number of benzene rings is 2. The number of halogens is 3. The molecule has 0 amide bonds. The SMILES string of the molecule is CNC1CCN(C)CC1.COc1ccc(Nc2nc(Cl)nc(NC3CCCCCC3)n2)cc1Cl.COc1ccc(Nc2nc(NC3CCCCCC3)nc(N(C)C3CCN(C)CC3)n2)cc1Cl. The van der Waals surface area contributed by atoms with Crippen LogP contribution in [0.5, 0.6) is 11.5 Å². The van der Waals surface area contributed by atoms with Crippen LogP contribution in [-0.2, 0) is 0 Å². The molecule has 4 aromatic rings. The molecule has 2 saturated carbocycles. The highest BCUT2D eigenvalue weighted by Gasteiger charge is 2.24. The van der Waals surface area contributed by atoms with E-state index in [1.165, 1.54) is 77.3 Å². The lowest BCUT2D eigenvalue weighted by Gasteiger charge is -2.35. The predicted molar refractivity (Wildman–Crippen MR) is 276 cm³/mol. The minimum absolute atomic E-state index is 0.147. The molecule has 2 aromatic carbocycles. The second-order valence-corrected chi connectivity index (χ2v) is 19.3. The molecule has 0 bridgehead atoms. The largest absolute Gasteiger partial charge is 0.495 e. The van der Waals surface area contributed by atoms with Crippen molar-refractivity contribution >= 4 is 75.9 Å². The first kappa shape index (κ1) is 52.2. The number of likely N-dealkylation sites (tertiary alicyclic amines) is 2. The third-order valence-electron chi connectivity index (χ3n) is 13.1. The van der Waals surface area contributed by atoms with Gasteiger partial charge in [-0.25, -0.2) is 0 Å². The number of aromatic nitrogens is 6. The number of nitrogens with zero attached hydrogens (tertiary/aromatic N) is 9. The van der Waals surface area contributed by atoms with Gasteiger partial charge < -0.3 is 50.8 Å². The van der Waals surface area contributed by atoms with E-state index in [1.54, 1.807) is 26.4 Å². The van der Waals surface area contributed by atoms with Crippen LogP contribution in [0.15, 0.2) is 36.4 Å². The van der Waals surface area contributed by atoms with Crippen molar-refractivity contribution in [2.24, 2.45) is 0 Å². The Morgan fingerprint density at radius 1 is 0.537 bits per heavy atom. The van der Waals surface area contributed by atoms with Crippen molar-refractivity contribution in [1.82, 2.24) is 45.0 Å². The molecule has 0 atom stereocenters. The number of hydrogen-bond acceptors (Lipinski definition) is 16. The Morgan fingerprint density at radius 2 is 0.955 bits per heavy atom. The Labute approximate surface area is 413 Å². The first-order valence-electron chi connectivity index (χ1n) is 24.2. The van der Waals surface area contributed by atoms with Crippen LogP contribution in [0.4, 0.5) is 41.1 Å². The monoisotopic (exact) mass is 983 g/mol. The molecule has 4 fully saturated rings. The van der Waals surface area contributed by atoms with E-state index in [-0.39, 0.29) is 5.28 Å². The molecule has 0 spiro atoms. The second kappa shape index (κ2) is 27.1. The van der Waals surface area contributed by atoms with E-state index in [4.69, 9.17) is 59.2 Å². The Kier molecular flexibility index (Phi) is 21.1. The summed E-state index contributed by atoms with van der Waals surface area (Å²) in [7, 11) is 11.7. The first-order chi connectivity index (χ1) is 32.5. The Balaban J connectivity index is 0.000000191.